The van der Waals surface area contributed by atoms with Crippen molar-refractivity contribution >= 4 is 53.9 Å². The van der Waals surface area contributed by atoms with Crippen LogP contribution in [0.15, 0.2) is 18.0 Å². The Kier molecular flexibility index (Phi) is 8.29. The topological polar surface area (TPSA) is 146 Å². The zero-order valence-electron chi connectivity index (χ0n) is 27.6. The van der Waals surface area contributed by atoms with Crippen molar-refractivity contribution < 1.29 is 28.7 Å². The molecule has 244 valence electrons. The first-order valence-corrected chi connectivity index (χ1v) is 16.1. The number of aromatic nitrogens is 3. The summed E-state index contributed by atoms with van der Waals surface area (Å²) in [4.78, 5) is 62.9. The van der Waals surface area contributed by atoms with Gasteiger partial charge in [0, 0.05) is 74.3 Å². The number of allylic oxidation sites excluding steroid dienone is 2. The smallest absolute Gasteiger partial charge is 0.321 e. The second-order valence-corrected chi connectivity index (χ2v) is 12.3. The van der Waals surface area contributed by atoms with Crippen molar-refractivity contribution in [2.24, 2.45) is 17.8 Å². The summed E-state index contributed by atoms with van der Waals surface area (Å²) in [5.74, 6) is -2.80. The number of methoxy groups -OCH3 is 1. The zero-order valence-corrected chi connectivity index (χ0v) is 27.6. The van der Waals surface area contributed by atoms with E-state index in [9.17, 15) is 19.2 Å². The van der Waals surface area contributed by atoms with Gasteiger partial charge in [0.15, 0.2) is 12.1 Å². The van der Waals surface area contributed by atoms with Crippen LogP contribution in [0.2, 0.25) is 0 Å². The molecule has 1 aliphatic carbocycles. The van der Waals surface area contributed by atoms with Gasteiger partial charge in [0.1, 0.15) is 5.92 Å². The van der Waals surface area contributed by atoms with Crippen molar-refractivity contribution in [3.05, 3.63) is 84.8 Å². The van der Waals surface area contributed by atoms with E-state index in [0.29, 0.717) is 57.5 Å². The van der Waals surface area contributed by atoms with Gasteiger partial charge >= 0.3 is 11.9 Å². The Hall–Kier alpha value is -5.12. The highest BCUT2D eigenvalue weighted by atomic mass is 16.5. The normalized spacial score (nSPS) is 23.6. The minimum absolute atomic E-state index is 0.108. The molecule has 5 heterocycles. The number of aldehydes is 1. The molecule has 3 atom stereocenters. The van der Waals surface area contributed by atoms with Gasteiger partial charge in [-0.1, -0.05) is 26.5 Å². The Morgan fingerprint density at radius 1 is 0.979 bits per heavy atom. The number of Topliss-reactive ketones (excluding diaryl/α,β-unsaturated/α-hetero) is 1. The molecule has 0 spiro atoms. The molecule has 47 heavy (non-hydrogen) atoms. The monoisotopic (exact) mass is 636 g/mol. The van der Waals surface area contributed by atoms with E-state index in [-0.39, 0.29) is 36.6 Å². The summed E-state index contributed by atoms with van der Waals surface area (Å²) in [6.45, 7) is 14.0. The molecular weight excluding hydrogens is 596 g/mol. The van der Waals surface area contributed by atoms with Gasteiger partial charge in [-0.3, -0.25) is 19.2 Å². The highest BCUT2D eigenvalue weighted by Gasteiger charge is 2.48. The Balaban J connectivity index is 1.71. The van der Waals surface area contributed by atoms with Crippen LogP contribution in [-0.2, 0) is 25.5 Å². The molecule has 3 aromatic heterocycles. The number of esters is 2. The van der Waals surface area contributed by atoms with E-state index in [2.05, 4.69) is 33.8 Å². The number of ether oxygens (including phenoxy) is 2. The Bertz CT molecular complexity index is 2050. The van der Waals surface area contributed by atoms with Gasteiger partial charge in [-0.25, -0.2) is 0 Å². The maximum absolute atomic E-state index is 14.1. The maximum atomic E-state index is 14.1. The van der Waals surface area contributed by atoms with Gasteiger partial charge in [0.25, 0.3) is 0 Å². The predicted molar refractivity (Wildman–Crippen MR) is 179 cm³/mol. The number of rotatable bonds is 8. The van der Waals surface area contributed by atoms with E-state index in [1.54, 1.807) is 13.0 Å². The van der Waals surface area contributed by atoms with Gasteiger partial charge in [-0.2, -0.15) is 0 Å². The summed E-state index contributed by atoms with van der Waals surface area (Å²) in [5, 5.41) is 5.00. The molecule has 2 aliphatic heterocycles. The fourth-order valence-electron chi connectivity index (χ4n) is 7.45. The summed E-state index contributed by atoms with van der Waals surface area (Å²) in [6.07, 6.45) is 9.76. The number of carbonyl (C=O) groups excluding carboxylic acids is 4. The molecule has 0 saturated carbocycles. The molecule has 0 aromatic carbocycles. The summed E-state index contributed by atoms with van der Waals surface area (Å²) in [5.41, 5.74) is 9.38. The quantitative estimate of drug-likeness (QED) is 0.165. The minimum atomic E-state index is -1.17. The molecule has 1 fully saturated rings. The minimum Gasteiger partial charge on any atom is -0.468 e. The number of aromatic amines is 3. The first-order chi connectivity index (χ1) is 22.6. The SMILES string of the molecule is C=Cc1c2[nH]c(c1C)/C=C1/N/C(=C3\c4[nH]c(c(C)c4C(=O)[C@@H]3C(=O)OC)/C=c3\[nH]/c(c(C=O)c3CC)=C\2)[C@@H](CCC(=O)OCC)[C@@H]1C. The zero-order chi connectivity index (χ0) is 33.7. The van der Waals surface area contributed by atoms with Gasteiger partial charge < -0.3 is 29.7 Å². The molecule has 10 nitrogen and oxygen atoms in total. The summed E-state index contributed by atoms with van der Waals surface area (Å²) in [7, 11) is 1.28. The van der Waals surface area contributed by atoms with Crippen molar-refractivity contribution in [2.45, 2.75) is 53.9 Å². The van der Waals surface area contributed by atoms with Crippen molar-refractivity contribution in [3.63, 3.8) is 0 Å². The van der Waals surface area contributed by atoms with E-state index >= 15 is 0 Å². The van der Waals surface area contributed by atoms with Crippen LogP contribution in [0.1, 0.15) is 99.4 Å². The number of ketones is 1. The first-order valence-electron chi connectivity index (χ1n) is 16.1. The summed E-state index contributed by atoms with van der Waals surface area (Å²) in [6, 6.07) is 0. The number of H-pyrrole nitrogens is 3. The molecule has 6 rings (SSSR count). The van der Waals surface area contributed by atoms with Crippen LogP contribution in [0.25, 0.3) is 29.9 Å². The van der Waals surface area contributed by atoms with E-state index in [1.165, 1.54) is 7.11 Å². The molecule has 8 bridgehead atoms. The fraction of sp³-hybridized carbons (Fsp3) is 0.351. The largest absolute Gasteiger partial charge is 0.468 e. The van der Waals surface area contributed by atoms with Gasteiger partial charge in [-0.15, -0.1) is 0 Å². The third kappa shape index (κ3) is 5.03. The maximum Gasteiger partial charge on any atom is 0.321 e. The number of carbonyl (C=O) groups is 4. The third-order valence-electron chi connectivity index (χ3n) is 9.92. The molecule has 3 aliphatic rings. The van der Waals surface area contributed by atoms with Crippen molar-refractivity contribution in [1.82, 2.24) is 20.3 Å². The van der Waals surface area contributed by atoms with Crippen LogP contribution < -0.4 is 16.0 Å². The van der Waals surface area contributed by atoms with Crippen LogP contribution in [0.5, 0.6) is 0 Å². The number of hydrogen-bond donors (Lipinski definition) is 4. The van der Waals surface area contributed by atoms with Gasteiger partial charge in [0.2, 0.25) is 0 Å². The van der Waals surface area contributed by atoms with E-state index in [1.807, 2.05) is 39.0 Å². The van der Waals surface area contributed by atoms with Crippen LogP contribution in [0, 0.1) is 31.6 Å². The van der Waals surface area contributed by atoms with E-state index in [4.69, 9.17) is 9.47 Å². The lowest BCUT2D eigenvalue weighted by Crippen LogP contribution is -2.25. The number of fused-ring (bicyclic) bond motifs is 7. The molecule has 0 unspecified atom stereocenters. The second kappa shape index (κ2) is 12.2. The average molecular weight is 637 g/mol. The molecule has 10 heteroatoms. The lowest BCUT2D eigenvalue weighted by atomic mass is 9.85. The molecule has 0 amide bonds. The summed E-state index contributed by atoms with van der Waals surface area (Å²) < 4.78 is 10.4. The van der Waals surface area contributed by atoms with E-state index < -0.39 is 11.9 Å². The third-order valence-corrected chi connectivity index (χ3v) is 9.92. The predicted octanol–water partition coefficient (Wildman–Crippen LogP) is 4.21. The second-order valence-electron chi connectivity index (χ2n) is 12.3. The fourth-order valence-corrected chi connectivity index (χ4v) is 7.45. The molecule has 3 aromatic rings. The highest BCUT2D eigenvalue weighted by molar-refractivity contribution is 6.24. The molecular formula is C37H40N4O6. The van der Waals surface area contributed by atoms with Gasteiger partial charge in [-0.05, 0) is 68.5 Å². The van der Waals surface area contributed by atoms with Crippen molar-refractivity contribution in [1.29, 1.82) is 0 Å². The van der Waals surface area contributed by atoms with Crippen LogP contribution in [-0.4, -0.2) is 52.7 Å². The lowest BCUT2D eigenvalue weighted by Gasteiger charge is -2.19. The number of nitrogens with one attached hydrogen (secondary N) is 4. The number of hydrogen-bond acceptors (Lipinski definition) is 7. The summed E-state index contributed by atoms with van der Waals surface area (Å²) >= 11 is 0. The van der Waals surface area contributed by atoms with Crippen molar-refractivity contribution in [3.8, 4) is 0 Å². The lowest BCUT2D eigenvalue weighted by molar-refractivity contribution is -0.143. The molecule has 0 radical (unpaired) electrons. The van der Waals surface area contributed by atoms with Crippen molar-refractivity contribution in [2.75, 3.05) is 13.7 Å². The van der Waals surface area contributed by atoms with Crippen LogP contribution >= 0.6 is 0 Å². The Morgan fingerprint density at radius 3 is 2.36 bits per heavy atom. The Morgan fingerprint density at radius 2 is 1.70 bits per heavy atom. The van der Waals surface area contributed by atoms with Crippen LogP contribution in [0.4, 0.5) is 0 Å². The van der Waals surface area contributed by atoms with Gasteiger partial charge in [0.05, 0.1) is 24.8 Å². The standard InChI is InChI=1S/C37H40N4O6/c1-8-20-17(4)24-13-25-18(5)22(11-12-30(43)47-10-3)34(40-25)32-33(37(45)46-7)36(44)31-19(6)26(41-35(31)32)14-28-21(9-2)23(16-42)29(39-28)15-27(20)38-24/h8,13-16,18,22,33,38-41H,1,9-12H2,2-7H3/b25-13+,28-14-,29-15-,34-32-/t18-,22-,33+/m0/s1. The first kappa shape index (κ1) is 31.8. The Labute approximate surface area is 272 Å². The van der Waals surface area contributed by atoms with E-state index in [0.717, 1.165) is 45.4 Å². The molecule has 1 saturated heterocycles. The highest BCUT2D eigenvalue weighted by Crippen LogP contribution is 2.48. The average Bonchev–Trinajstić information content (AvgIpc) is 3.80. The van der Waals surface area contributed by atoms with Crippen LogP contribution in [0.3, 0.4) is 0 Å². The molecule has 4 N–H and O–H groups in total.